The van der Waals surface area contributed by atoms with Crippen molar-refractivity contribution < 1.29 is 9.53 Å². The third-order valence-electron chi connectivity index (χ3n) is 5.55. The molecular weight excluding hydrogens is 340 g/mol. The molecule has 0 radical (unpaired) electrons. The molecule has 0 unspecified atom stereocenters. The zero-order valence-corrected chi connectivity index (χ0v) is 16.1. The highest BCUT2D eigenvalue weighted by Gasteiger charge is 2.37. The molecule has 1 aliphatic carbocycles. The molecule has 0 bridgehead atoms. The van der Waals surface area contributed by atoms with Crippen LogP contribution in [0, 0.1) is 5.41 Å². The number of ether oxygens (including phenoxy) is 1. The third-order valence-corrected chi connectivity index (χ3v) is 5.55. The molecule has 3 rings (SSSR count). The van der Waals surface area contributed by atoms with Gasteiger partial charge in [0.15, 0.2) is 0 Å². The Labute approximate surface area is 161 Å². The fraction of sp³-hybridized carbons (Fsp3) is 0.524. The van der Waals surface area contributed by atoms with Gasteiger partial charge in [0.05, 0.1) is 18.1 Å². The van der Waals surface area contributed by atoms with Crippen molar-refractivity contribution in [1.82, 2.24) is 14.9 Å². The van der Waals surface area contributed by atoms with Crippen LogP contribution in [0.4, 0.5) is 0 Å². The van der Waals surface area contributed by atoms with Gasteiger partial charge in [-0.2, -0.15) is 0 Å². The number of nitrogens with zero attached hydrogens (tertiary/aromatic N) is 2. The fourth-order valence-electron chi connectivity index (χ4n) is 3.63. The van der Waals surface area contributed by atoms with Gasteiger partial charge in [0.25, 0.3) is 0 Å². The Morgan fingerprint density at radius 1 is 1.37 bits per heavy atom. The van der Waals surface area contributed by atoms with Gasteiger partial charge < -0.3 is 20.4 Å². The van der Waals surface area contributed by atoms with Gasteiger partial charge in [0.1, 0.15) is 0 Å². The number of amides is 1. The second kappa shape index (κ2) is 9.15. The Bertz CT molecular complexity index is 725. The van der Waals surface area contributed by atoms with Crippen LogP contribution in [0.15, 0.2) is 42.9 Å². The first-order chi connectivity index (χ1) is 13.1. The van der Waals surface area contributed by atoms with Crippen molar-refractivity contribution in [3.8, 4) is 0 Å². The van der Waals surface area contributed by atoms with Crippen LogP contribution in [0.1, 0.15) is 36.9 Å². The van der Waals surface area contributed by atoms with Gasteiger partial charge in [0, 0.05) is 39.4 Å². The Morgan fingerprint density at radius 2 is 2.15 bits per heavy atom. The summed E-state index contributed by atoms with van der Waals surface area (Å²) in [4.78, 5) is 16.8. The van der Waals surface area contributed by atoms with Gasteiger partial charge in [-0.05, 0) is 30.2 Å². The molecule has 0 aliphatic heterocycles. The predicted molar refractivity (Wildman–Crippen MR) is 105 cm³/mol. The standard InChI is InChI=1S/C21H30N4O2/c1-27-11-10-21(8-5-9-21)15-23-20(26)19(22)12-18-14-25(16-24-18)13-17-6-3-2-4-7-17/h2-4,6-7,14,16,19H,5,8-13,15,22H2,1H3,(H,23,26)/t19-/m0/s1. The van der Waals surface area contributed by atoms with Crippen molar-refractivity contribution in [2.75, 3.05) is 20.3 Å². The average Bonchev–Trinajstić information content (AvgIpc) is 3.08. The van der Waals surface area contributed by atoms with E-state index < -0.39 is 6.04 Å². The Hall–Kier alpha value is -2.18. The summed E-state index contributed by atoms with van der Waals surface area (Å²) in [5, 5.41) is 3.05. The van der Waals surface area contributed by atoms with Gasteiger partial charge in [-0.25, -0.2) is 4.98 Å². The van der Waals surface area contributed by atoms with Crippen molar-refractivity contribution in [3.05, 3.63) is 54.1 Å². The van der Waals surface area contributed by atoms with Crippen LogP contribution in [-0.2, 0) is 22.5 Å². The van der Waals surface area contributed by atoms with E-state index in [1.807, 2.05) is 29.0 Å². The Balaban J connectivity index is 1.47. The summed E-state index contributed by atoms with van der Waals surface area (Å²) in [6.45, 7) is 2.18. The van der Waals surface area contributed by atoms with Crippen molar-refractivity contribution in [2.24, 2.45) is 11.1 Å². The van der Waals surface area contributed by atoms with Gasteiger partial charge in [0.2, 0.25) is 5.91 Å². The first-order valence-corrected chi connectivity index (χ1v) is 9.67. The smallest absolute Gasteiger partial charge is 0.237 e. The summed E-state index contributed by atoms with van der Waals surface area (Å²) in [5.74, 6) is -0.101. The lowest BCUT2D eigenvalue weighted by molar-refractivity contribution is -0.123. The highest BCUT2D eigenvalue weighted by atomic mass is 16.5. The predicted octanol–water partition coefficient (Wildman–Crippen LogP) is 2.12. The number of nitrogens with two attached hydrogens (primary N) is 1. The molecule has 0 saturated heterocycles. The van der Waals surface area contributed by atoms with Gasteiger partial charge >= 0.3 is 0 Å². The number of nitrogens with one attached hydrogen (secondary N) is 1. The number of imidazole rings is 1. The van der Waals surface area contributed by atoms with Crippen LogP contribution in [0.2, 0.25) is 0 Å². The van der Waals surface area contributed by atoms with E-state index in [1.54, 1.807) is 13.4 Å². The van der Waals surface area contributed by atoms with Crippen molar-refractivity contribution in [2.45, 2.75) is 44.7 Å². The molecule has 0 spiro atoms. The minimum Gasteiger partial charge on any atom is -0.385 e. The molecular formula is C21H30N4O2. The number of methoxy groups -OCH3 is 1. The number of carbonyl (C=O) groups is 1. The Morgan fingerprint density at radius 3 is 2.81 bits per heavy atom. The highest BCUT2D eigenvalue weighted by molar-refractivity contribution is 5.81. The number of aromatic nitrogens is 2. The first kappa shape index (κ1) is 19.6. The van der Waals surface area contributed by atoms with E-state index in [2.05, 4.69) is 22.4 Å². The number of carbonyl (C=O) groups excluding carboxylic acids is 1. The van der Waals surface area contributed by atoms with Crippen LogP contribution in [0.3, 0.4) is 0 Å². The van der Waals surface area contributed by atoms with Crippen molar-refractivity contribution in [3.63, 3.8) is 0 Å². The van der Waals surface area contributed by atoms with Crippen molar-refractivity contribution in [1.29, 1.82) is 0 Å². The molecule has 1 aromatic carbocycles. The summed E-state index contributed by atoms with van der Waals surface area (Å²) in [6.07, 6.45) is 8.71. The number of hydrogen-bond acceptors (Lipinski definition) is 4. The fourth-order valence-corrected chi connectivity index (χ4v) is 3.63. The highest BCUT2D eigenvalue weighted by Crippen LogP contribution is 2.43. The van der Waals surface area contributed by atoms with Crippen LogP contribution in [0.25, 0.3) is 0 Å². The molecule has 1 saturated carbocycles. The molecule has 1 aliphatic rings. The quantitative estimate of drug-likeness (QED) is 0.671. The maximum absolute atomic E-state index is 12.4. The monoisotopic (exact) mass is 370 g/mol. The summed E-state index contributed by atoms with van der Waals surface area (Å²) >= 11 is 0. The normalized spacial score (nSPS) is 16.5. The molecule has 6 heteroatoms. The second-order valence-corrected chi connectivity index (χ2v) is 7.65. The molecule has 1 fully saturated rings. The summed E-state index contributed by atoms with van der Waals surface area (Å²) in [7, 11) is 1.72. The minimum atomic E-state index is -0.579. The third kappa shape index (κ3) is 5.40. The minimum absolute atomic E-state index is 0.101. The van der Waals surface area contributed by atoms with Gasteiger partial charge in [-0.15, -0.1) is 0 Å². The molecule has 6 nitrogen and oxygen atoms in total. The van der Waals surface area contributed by atoms with Crippen LogP contribution in [0.5, 0.6) is 0 Å². The molecule has 1 heterocycles. The molecule has 3 N–H and O–H groups in total. The maximum Gasteiger partial charge on any atom is 0.237 e. The van der Waals surface area contributed by atoms with E-state index in [0.717, 1.165) is 38.1 Å². The molecule has 1 amide bonds. The van der Waals surface area contributed by atoms with E-state index in [4.69, 9.17) is 10.5 Å². The molecule has 27 heavy (non-hydrogen) atoms. The SMILES string of the molecule is COCCC1(CNC(=O)[C@@H](N)Cc2cn(Cc3ccccc3)cn2)CCC1. The zero-order chi connectivity index (χ0) is 19.1. The summed E-state index contributed by atoms with van der Waals surface area (Å²) in [6, 6.07) is 9.63. The number of hydrogen-bond donors (Lipinski definition) is 2. The lowest BCUT2D eigenvalue weighted by Crippen LogP contribution is -2.48. The van der Waals surface area contributed by atoms with E-state index in [-0.39, 0.29) is 11.3 Å². The topological polar surface area (TPSA) is 82.2 Å². The summed E-state index contributed by atoms with van der Waals surface area (Å²) < 4.78 is 7.22. The van der Waals surface area contributed by atoms with Crippen molar-refractivity contribution >= 4 is 5.91 Å². The molecule has 146 valence electrons. The molecule has 1 atom stereocenters. The van der Waals surface area contributed by atoms with E-state index in [1.165, 1.54) is 12.0 Å². The van der Waals surface area contributed by atoms with Crippen LogP contribution < -0.4 is 11.1 Å². The van der Waals surface area contributed by atoms with E-state index in [0.29, 0.717) is 13.0 Å². The number of rotatable bonds is 10. The largest absolute Gasteiger partial charge is 0.385 e. The van der Waals surface area contributed by atoms with E-state index in [9.17, 15) is 4.79 Å². The lowest BCUT2D eigenvalue weighted by atomic mass is 9.66. The average molecular weight is 370 g/mol. The summed E-state index contributed by atoms with van der Waals surface area (Å²) in [5.41, 5.74) is 8.36. The van der Waals surface area contributed by atoms with Gasteiger partial charge in [-0.1, -0.05) is 36.8 Å². The zero-order valence-electron chi connectivity index (χ0n) is 16.1. The molecule has 1 aromatic heterocycles. The number of benzene rings is 1. The van der Waals surface area contributed by atoms with Gasteiger partial charge in [-0.3, -0.25) is 4.79 Å². The second-order valence-electron chi connectivity index (χ2n) is 7.65. The molecule has 2 aromatic rings. The first-order valence-electron chi connectivity index (χ1n) is 9.67. The van der Waals surface area contributed by atoms with E-state index >= 15 is 0 Å². The van der Waals surface area contributed by atoms with Crippen LogP contribution in [-0.4, -0.2) is 41.8 Å². The maximum atomic E-state index is 12.4. The Kier molecular flexibility index (Phi) is 6.63. The van der Waals surface area contributed by atoms with Crippen LogP contribution >= 0.6 is 0 Å². The lowest BCUT2D eigenvalue weighted by Gasteiger charge is -2.42.